The summed E-state index contributed by atoms with van der Waals surface area (Å²) in [6.45, 7) is 1.46. The van der Waals surface area contributed by atoms with Crippen molar-refractivity contribution < 1.29 is 23.7 Å². The van der Waals surface area contributed by atoms with Gasteiger partial charge in [0.2, 0.25) is 0 Å². The highest BCUT2D eigenvalue weighted by Gasteiger charge is 2.41. The third-order valence-corrected chi connectivity index (χ3v) is 1.73. The molecule has 0 spiro atoms. The van der Waals surface area contributed by atoms with Gasteiger partial charge in [-0.3, -0.25) is 14.9 Å². The maximum atomic E-state index is 11.5. The molecule has 16 heavy (non-hydrogen) atoms. The van der Waals surface area contributed by atoms with Crippen molar-refractivity contribution in [2.45, 2.75) is 13.0 Å². The quantitative estimate of drug-likeness (QED) is 0.241. The molecule has 7 nitrogen and oxygen atoms in total. The predicted molar refractivity (Wildman–Crippen MR) is 50.5 cm³/mol. The monoisotopic (exact) mass is 227 g/mol. The van der Waals surface area contributed by atoms with E-state index in [0.29, 0.717) is 0 Å². The van der Waals surface area contributed by atoms with Crippen molar-refractivity contribution >= 4 is 11.8 Å². The first kappa shape index (κ1) is 11.9. The number of ketones is 1. The van der Waals surface area contributed by atoms with Crippen LogP contribution < -0.4 is 0 Å². The minimum Gasteiger partial charge on any atom is -0.461 e. The summed E-state index contributed by atoms with van der Waals surface area (Å²) >= 11 is 0. The second-order valence-corrected chi connectivity index (χ2v) is 2.78. The van der Waals surface area contributed by atoms with Crippen molar-refractivity contribution in [2.75, 3.05) is 6.61 Å². The molecule has 1 aromatic rings. The van der Waals surface area contributed by atoms with Crippen LogP contribution in [0.5, 0.6) is 0 Å². The van der Waals surface area contributed by atoms with E-state index in [1.807, 2.05) is 0 Å². The first-order valence-corrected chi connectivity index (χ1v) is 4.45. The zero-order chi connectivity index (χ0) is 12.1. The smallest absolute Gasteiger partial charge is 0.390 e. The van der Waals surface area contributed by atoms with E-state index >= 15 is 0 Å². The highest BCUT2D eigenvalue weighted by Crippen LogP contribution is 2.08. The molecule has 0 aliphatic carbocycles. The van der Waals surface area contributed by atoms with Crippen LogP contribution in [0.25, 0.3) is 0 Å². The zero-order valence-corrected chi connectivity index (χ0v) is 8.41. The van der Waals surface area contributed by atoms with E-state index in [0.717, 1.165) is 0 Å². The first-order valence-electron chi connectivity index (χ1n) is 4.45. The maximum Gasteiger partial charge on any atom is 0.390 e. The molecule has 0 aliphatic rings. The molecule has 0 amide bonds. The van der Waals surface area contributed by atoms with Gasteiger partial charge in [-0.2, -0.15) is 0 Å². The van der Waals surface area contributed by atoms with Gasteiger partial charge in [0.15, 0.2) is 5.76 Å². The number of nitrogens with zero attached hydrogens (tertiary/aromatic N) is 1. The number of nitro groups is 1. The molecule has 1 heterocycles. The maximum absolute atomic E-state index is 11.5. The fourth-order valence-electron chi connectivity index (χ4n) is 1.06. The number of hydrogen-bond donors (Lipinski definition) is 0. The Bertz CT molecular complexity index is 396. The van der Waals surface area contributed by atoms with Crippen LogP contribution in [0.15, 0.2) is 22.8 Å². The van der Waals surface area contributed by atoms with Crippen molar-refractivity contribution in [3.05, 3.63) is 34.3 Å². The van der Waals surface area contributed by atoms with Gasteiger partial charge in [0.1, 0.15) is 0 Å². The van der Waals surface area contributed by atoms with Gasteiger partial charge in [-0.05, 0) is 19.1 Å². The molecular formula is C9H9NO6. The van der Waals surface area contributed by atoms with Crippen LogP contribution in [-0.2, 0) is 9.53 Å². The summed E-state index contributed by atoms with van der Waals surface area (Å²) in [5, 5.41) is 10.6. The summed E-state index contributed by atoms with van der Waals surface area (Å²) in [4.78, 5) is 32.3. The average molecular weight is 227 g/mol. The van der Waals surface area contributed by atoms with E-state index in [-0.39, 0.29) is 12.4 Å². The van der Waals surface area contributed by atoms with Crippen LogP contribution in [0.4, 0.5) is 0 Å². The summed E-state index contributed by atoms with van der Waals surface area (Å²) in [7, 11) is 0. The molecule has 0 N–H and O–H groups in total. The minimum absolute atomic E-state index is 0.0331. The Hall–Kier alpha value is -2.18. The van der Waals surface area contributed by atoms with E-state index in [9.17, 15) is 19.7 Å². The number of esters is 1. The van der Waals surface area contributed by atoms with Crippen LogP contribution in [0.2, 0.25) is 0 Å². The zero-order valence-electron chi connectivity index (χ0n) is 8.41. The van der Waals surface area contributed by atoms with E-state index in [1.165, 1.54) is 25.3 Å². The lowest BCUT2D eigenvalue weighted by atomic mass is 10.1. The van der Waals surface area contributed by atoms with E-state index in [1.54, 1.807) is 0 Å². The molecule has 7 heteroatoms. The molecule has 0 saturated heterocycles. The van der Waals surface area contributed by atoms with Crippen LogP contribution >= 0.6 is 0 Å². The third kappa shape index (κ3) is 2.44. The Labute approximate surface area is 90.1 Å². The first-order chi connectivity index (χ1) is 7.57. The summed E-state index contributed by atoms with van der Waals surface area (Å²) in [6.07, 6.45) is 1.19. The predicted octanol–water partition coefficient (Wildman–Crippen LogP) is 0.671. The number of furan rings is 1. The number of rotatable bonds is 5. The molecule has 0 saturated carbocycles. The topological polar surface area (TPSA) is 99.7 Å². The summed E-state index contributed by atoms with van der Waals surface area (Å²) < 4.78 is 9.13. The lowest BCUT2D eigenvalue weighted by Crippen LogP contribution is -2.38. The molecule has 1 rings (SSSR count). The molecule has 86 valence electrons. The second kappa shape index (κ2) is 5.06. The Morgan fingerprint density at radius 3 is 2.75 bits per heavy atom. The Morgan fingerprint density at radius 1 is 1.62 bits per heavy atom. The number of Topliss-reactive ketones (excluding diaryl/α,β-unsaturated/α-hetero) is 1. The second-order valence-electron chi connectivity index (χ2n) is 2.78. The van der Waals surface area contributed by atoms with Crippen LogP contribution in [-0.4, -0.2) is 29.3 Å². The molecule has 1 unspecified atom stereocenters. The van der Waals surface area contributed by atoms with Gasteiger partial charge in [0.05, 0.1) is 12.9 Å². The van der Waals surface area contributed by atoms with Gasteiger partial charge < -0.3 is 9.15 Å². The van der Waals surface area contributed by atoms with E-state index in [2.05, 4.69) is 4.74 Å². The fraction of sp³-hybridized carbons (Fsp3) is 0.333. The number of carbonyl (C=O) groups excluding carboxylic acids is 2. The standard InChI is InChI=1S/C9H9NO6/c1-2-15-9(12)7(10(13)14)8(11)6-4-3-5-16-6/h3-5,7H,2H2,1H3. The number of carbonyl (C=O) groups is 2. The van der Waals surface area contributed by atoms with Gasteiger partial charge in [-0.15, -0.1) is 0 Å². The summed E-state index contributed by atoms with van der Waals surface area (Å²) in [5.41, 5.74) is 0. The molecule has 0 radical (unpaired) electrons. The third-order valence-electron chi connectivity index (χ3n) is 1.73. The van der Waals surface area contributed by atoms with Crippen molar-refractivity contribution in [2.24, 2.45) is 0 Å². The average Bonchev–Trinajstić information content (AvgIpc) is 2.70. The fourth-order valence-corrected chi connectivity index (χ4v) is 1.06. The van der Waals surface area contributed by atoms with Crippen molar-refractivity contribution in [3.63, 3.8) is 0 Å². The molecule has 1 atom stereocenters. The lowest BCUT2D eigenvalue weighted by molar-refractivity contribution is -0.494. The van der Waals surface area contributed by atoms with E-state index in [4.69, 9.17) is 4.42 Å². The Balaban J connectivity index is 2.91. The Kier molecular flexibility index (Phi) is 3.76. The molecule has 0 fully saturated rings. The number of hydrogen-bond acceptors (Lipinski definition) is 6. The SMILES string of the molecule is CCOC(=O)C(C(=O)c1ccco1)[N+](=O)[O-]. The summed E-state index contributed by atoms with van der Waals surface area (Å²) in [6, 6.07) is 0.582. The Morgan fingerprint density at radius 2 is 2.31 bits per heavy atom. The normalized spacial score (nSPS) is 11.8. The summed E-state index contributed by atoms with van der Waals surface area (Å²) in [5.74, 6) is -2.45. The number of ether oxygens (including phenoxy) is 1. The molecule has 1 aromatic heterocycles. The van der Waals surface area contributed by atoms with Gasteiger partial charge in [-0.1, -0.05) is 0 Å². The highest BCUT2D eigenvalue weighted by atomic mass is 16.6. The van der Waals surface area contributed by atoms with Crippen molar-refractivity contribution in [1.29, 1.82) is 0 Å². The minimum atomic E-state index is -2.06. The van der Waals surface area contributed by atoms with Gasteiger partial charge in [0.25, 0.3) is 5.78 Å². The highest BCUT2D eigenvalue weighted by molar-refractivity contribution is 6.09. The van der Waals surface area contributed by atoms with Gasteiger partial charge >= 0.3 is 12.0 Å². The van der Waals surface area contributed by atoms with Crippen molar-refractivity contribution in [1.82, 2.24) is 0 Å². The van der Waals surface area contributed by atoms with Gasteiger partial charge in [0, 0.05) is 4.92 Å². The molecule has 0 bridgehead atoms. The van der Waals surface area contributed by atoms with Crippen LogP contribution in [0.1, 0.15) is 17.5 Å². The van der Waals surface area contributed by atoms with Crippen molar-refractivity contribution in [3.8, 4) is 0 Å². The lowest BCUT2D eigenvalue weighted by Gasteiger charge is -2.05. The van der Waals surface area contributed by atoms with E-state index < -0.39 is 22.7 Å². The largest absolute Gasteiger partial charge is 0.461 e. The molecular weight excluding hydrogens is 218 g/mol. The molecule has 0 aliphatic heterocycles. The molecule has 0 aromatic carbocycles. The van der Waals surface area contributed by atoms with Crippen LogP contribution in [0, 0.1) is 10.1 Å². The van der Waals surface area contributed by atoms with Gasteiger partial charge in [-0.25, -0.2) is 4.79 Å². The van der Waals surface area contributed by atoms with Crippen LogP contribution in [0.3, 0.4) is 0 Å².